The van der Waals surface area contributed by atoms with Crippen LogP contribution in [0.4, 0.5) is 0 Å². The monoisotopic (exact) mass is 495 g/mol. The van der Waals surface area contributed by atoms with Crippen molar-refractivity contribution >= 4 is 22.7 Å². The van der Waals surface area contributed by atoms with Crippen molar-refractivity contribution in [3.05, 3.63) is 96.0 Å². The highest BCUT2D eigenvalue weighted by Crippen LogP contribution is 2.40. The number of benzene rings is 3. The molecule has 7 heteroatoms. The summed E-state index contributed by atoms with van der Waals surface area (Å²) in [5.74, 6) is 1.31. The molecular formula is C30H25NO6. The van der Waals surface area contributed by atoms with Gasteiger partial charge in [0.25, 0.3) is 5.91 Å². The van der Waals surface area contributed by atoms with Crippen molar-refractivity contribution in [1.82, 2.24) is 4.90 Å². The summed E-state index contributed by atoms with van der Waals surface area (Å²) in [4.78, 5) is 27.7. The number of allylic oxidation sites excluding steroid dienone is 1. The van der Waals surface area contributed by atoms with E-state index >= 15 is 0 Å². The van der Waals surface area contributed by atoms with Gasteiger partial charge in [0.15, 0.2) is 12.4 Å². The van der Waals surface area contributed by atoms with Crippen molar-refractivity contribution in [3.63, 3.8) is 0 Å². The van der Waals surface area contributed by atoms with E-state index in [9.17, 15) is 9.59 Å². The minimum atomic E-state index is -0.194. The highest BCUT2D eigenvalue weighted by molar-refractivity contribution is 6.15. The van der Waals surface area contributed by atoms with E-state index in [0.717, 1.165) is 34.2 Å². The van der Waals surface area contributed by atoms with Gasteiger partial charge in [0.2, 0.25) is 5.78 Å². The lowest BCUT2D eigenvalue weighted by Crippen LogP contribution is -2.42. The van der Waals surface area contributed by atoms with Crippen LogP contribution >= 0.6 is 0 Å². The van der Waals surface area contributed by atoms with Crippen molar-refractivity contribution in [2.24, 2.45) is 0 Å². The standard InChI is InChI=1S/C30H25NO6/c32-27(31-12-15-34-16-13-31)19-36-23-10-8-20(9-11-23)28-24-17-22-7-4-14-35-25(22)18-26(24)37-30(28)29(33)21-5-2-1-3-6-21/h1-6,8-11,14,17-18H,7,12-13,15-16,19H2. The van der Waals surface area contributed by atoms with Crippen LogP contribution in [0.5, 0.6) is 11.5 Å². The van der Waals surface area contributed by atoms with Gasteiger partial charge in [-0.3, -0.25) is 9.59 Å². The van der Waals surface area contributed by atoms with E-state index in [-0.39, 0.29) is 24.1 Å². The lowest BCUT2D eigenvalue weighted by atomic mass is 9.96. The van der Waals surface area contributed by atoms with Crippen LogP contribution in [0, 0.1) is 0 Å². The average molecular weight is 496 g/mol. The Morgan fingerprint density at radius 1 is 0.946 bits per heavy atom. The van der Waals surface area contributed by atoms with E-state index in [4.69, 9.17) is 18.6 Å². The van der Waals surface area contributed by atoms with Crippen LogP contribution in [0.25, 0.3) is 22.1 Å². The van der Waals surface area contributed by atoms with Crippen LogP contribution in [0.2, 0.25) is 0 Å². The van der Waals surface area contributed by atoms with Gasteiger partial charge in [-0.05, 0) is 41.8 Å². The summed E-state index contributed by atoms with van der Waals surface area (Å²) in [6.45, 7) is 2.23. The first-order valence-electron chi connectivity index (χ1n) is 12.3. The van der Waals surface area contributed by atoms with E-state index in [0.29, 0.717) is 43.2 Å². The van der Waals surface area contributed by atoms with Crippen LogP contribution in [0.15, 0.2) is 83.5 Å². The number of furan rings is 1. The normalized spacial score (nSPS) is 14.8. The second-order valence-electron chi connectivity index (χ2n) is 8.96. The number of nitrogens with zero attached hydrogens (tertiary/aromatic N) is 1. The van der Waals surface area contributed by atoms with Gasteiger partial charge >= 0.3 is 0 Å². The summed E-state index contributed by atoms with van der Waals surface area (Å²) < 4.78 is 22.9. The Balaban J connectivity index is 1.33. The zero-order valence-electron chi connectivity index (χ0n) is 20.1. The molecule has 1 aromatic heterocycles. The average Bonchev–Trinajstić information content (AvgIpc) is 3.33. The molecule has 0 saturated carbocycles. The Hall–Kier alpha value is -4.36. The molecule has 1 amide bonds. The number of hydrogen-bond donors (Lipinski definition) is 0. The van der Waals surface area contributed by atoms with Crippen molar-refractivity contribution in [3.8, 4) is 22.6 Å². The van der Waals surface area contributed by atoms with Crippen LogP contribution in [-0.4, -0.2) is 49.5 Å². The largest absolute Gasteiger partial charge is 0.484 e. The van der Waals surface area contributed by atoms with E-state index in [1.54, 1.807) is 23.3 Å². The number of ketones is 1. The first kappa shape index (κ1) is 23.1. The third-order valence-electron chi connectivity index (χ3n) is 6.61. The molecule has 2 aliphatic rings. The minimum Gasteiger partial charge on any atom is -0.484 e. The Kier molecular flexibility index (Phi) is 6.20. The van der Waals surface area contributed by atoms with Crippen molar-refractivity contribution in [2.75, 3.05) is 32.9 Å². The predicted molar refractivity (Wildman–Crippen MR) is 138 cm³/mol. The van der Waals surface area contributed by atoms with Gasteiger partial charge in [0, 0.05) is 35.7 Å². The number of ether oxygens (including phenoxy) is 3. The fourth-order valence-corrected chi connectivity index (χ4v) is 4.67. The second kappa shape index (κ2) is 9.95. The predicted octanol–water partition coefficient (Wildman–Crippen LogP) is 5.02. The highest BCUT2D eigenvalue weighted by atomic mass is 16.5. The quantitative estimate of drug-likeness (QED) is 0.350. The summed E-state index contributed by atoms with van der Waals surface area (Å²) in [6, 6.07) is 20.3. The Bertz CT molecular complexity index is 1480. The molecule has 7 nitrogen and oxygen atoms in total. The molecule has 0 atom stereocenters. The Labute approximate surface area is 213 Å². The lowest BCUT2D eigenvalue weighted by molar-refractivity contribution is -0.137. The highest BCUT2D eigenvalue weighted by Gasteiger charge is 2.25. The second-order valence-corrected chi connectivity index (χ2v) is 8.96. The summed E-state index contributed by atoms with van der Waals surface area (Å²) in [5.41, 5.74) is 3.69. The zero-order valence-corrected chi connectivity index (χ0v) is 20.1. The van der Waals surface area contributed by atoms with Crippen LogP contribution in [0.3, 0.4) is 0 Å². The van der Waals surface area contributed by atoms with E-state index in [1.165, 1.54) is 0 Å². The van der Waals surface area contributed by atoms with Crippen LogP contribution < -0.4 is 9.47 Å². The molecular weight excluding hydrogens is 470 g/mol. The SMILES string of the molecule is O=C(c1ccccc1)c1oc2cc3c(cc2c1-c1ccc(OCC(=O)N2CCOCC2)cc1)CC=CO3. The smallest absolute Gasteiger partial charge is 0.260 e. The summed E-state index contributed by atoms with van der Waals surface area (Å²) in [5, 5.41) is 0.841. The maximum atomic E-state index is 13.5. The molecule has 0 spiro atoms. The van der Waals surface area contributed by atoms with Crippen LogP contribution in [0.1, 0.15) is 21.7 Å². The number of rotatable bonds is 6. The zero-order chi connectivity index (χ0) is 25.2. The third-order valence-corrected chi connectivity index (χ3v) is 6.61. The van der Waals surface area contributed by atoms with Gasteiger partial charge < -0.3 is 23.5 Å². The molecule has 1 fully saturated rings. The Morgan fingerprint density at radius 3 is 2.51 bits per heavy atom. The molecule has 4 aromatic rings. The maximum absolute atomic E-state index is 13.5. The number of amides is 1. The first-order chi connectivity index (χ1) is 18.2. The summed E-state index contributed by atoms with van der Waals surface area (Å²) >= 11 is 0. The Morgan fingerprint density at radius 2 is 1.73 bits per heavy atom. The van der Waals surface area contributed by atoms with Gasteiger partial charge in [0.05, 0.1) is 19.5 Å². The van der Waals surface area contributed by atoms with Crippen molar-refractivity contribution < 1.29 is 28.2 Å². The fraction of sp³-hybridized carbons (Fsp3) is 0.200. The van der Waals surface area contributed by atoms with Crippen LogP contribution in [-0.2, 0) is 16.0 Å². The molecule has 0 aliphatic carbocycles. The van der Waals surface area contributed by atoms with Crippen molar-refractivity contribution in [1.29, 1.82) is 0 Å². The molecule has 37 heavy (non-hydrogen) atoms. The van der Waals surface area contributed by atoms with E-state index < -0.39 is 0 Å². The number of hydrogen-bond acceptors (Lipinski definition) is 6. The molecule has 6 rings (SSSR count). The van der Waals surface area contributed by atoms with Crippen molar-refractivity contribution in [2.45, 2.75) is 6.42 Å². The third kappa shape index (κ3) is 4.61. The topological polar surface area (TPSA) is 78.2 Å². The molecule has 3 heterocycles. The number of morpholine rings is 1. The number of fused-ring (bicyclic) bond motifs is 2. The molecule has 0 radical (unpaired) electrons. The van der Waals surface area contributed by atoms with E-state index in [1.807, 2.05) is 60.7 Å². The molecule has 3 aromatic carbocycles. The lowest BCUT2D eigenvalue weighted by Gasteiger charge is -2.26. The number of carbonyl (C=O) groups excluding carboxylic acids is 2. The van der Waals surface area contributed by atoms with Gasteiger partial charge in [-0.25, -0.2) is 0 Å². The van der Waals surface area contributed by atoms with Gasteiger partial charge in [-0.15, -0.1) is 0 Å². The minimum absolute atomic E-state index is 0.0363. The fourth-order valence-electron chi connectivity index (χ4n) is 4.67. The molecule has 0 bridgehead atoms. The van der Waals surface area contributed by atoms with Gasteiger partial charge in [-0.1, -0.05) is 42.5 Å². The summed E-state index contributed by atoms with van der Waals surface area (Å²) in [7, 11) is 0. The molecule has 1 saturated heterocycles. The van der Waals surface area contributed by atoms with Gasteiger partial charge in [-0.2, -0.15) is 0 Å². The number of carbonyl (C=O) groups is 2. The molecule has 186 valence electrons. The maximum Gasteiger partial charge on any atom is 0.260 e. The molecule has 0 N–H and O–H groups in total. The first-order valence-corrected chi connectivity index (χ1v) is 12.3. The van der Waals surface area contributed by atoms with E-state index in [2.05, 4.69) is 0 Å². The molecule has 2 aliphatic heterocycles. The van der Waals surface area contributed by atoms with Gasteiger partial charge in [0.1, 0.15) is 17.1 Å². The molecule has 0 unspecified atom stereocenters. The summed E-state index contributed by atoms with van der Waals surface area (Å²) in [6.07, 6.45) is 4.35.